The van der Waals surface area contributed by atoms with Gasteiger partial charge in [0.25, 0.3) is 5.91 Å². The molecule has 1 aliphatic rings. The number of carbonyl (C=O) groups is 2. The van der Waals surface area contributed by atoms with Crippen LogP contribution in [0.5, 0.6) is 0 Å². The second-order valence-electron chi connectivity index (χ2n) is 7.88. The number of rotatable bonds is 3. The number of likely N-dealkylation sites (tertiary alicyclic amines) is 1. The maximum Gasteiger partial charge on any atom is 0.416 e. The molecule has 11 heteroatoms. The molecule has 1 saturated heterocycles. The van der Waals surface area contributed by atoms with Crippen LogP contribution in [-0.2, 0) is 23.6 Å². The molecule has 0 aromatic heterocycles. The molecule has 2 amide bonds. The van der Waals surface area contributed by atoms with Gasteiger partial charge in [-0.1, -0.05) is 23.7 Å². The highest BCUT2D eigenvalue weighted by molar-refractivity contribution is 6.30. The fourth-order valence-corrected chi connectivity index (χ4v) is 3.74. The summed E-state index contributed by atoms with van der Waals surface area (Å²) in [6, 6.07) is 7.63. The van der Waals surface area contributed by atoms with Crippen LogP contribution in [-0.4, -0.2) is 29.3 Å². The van der Waals surface area contributed by atoms with Crippen molar-refractivity contribution >= 4 is 23.4 Å². The second-order valence-corrected chi connectivity index (χ2v) is 8.32. The van der Waals surface area contributed by atoms with E-state index in [4.69, 9.17) is 11.6 Å². The van der Waals surface area contributed by atoms with Crippen molar-refractivity contribution in [1.82, 2.24) is 4.90 Å². The molecule has 2 N–H and O–H groups in total. The van der Waals surface area contributed by atoms with Crippen LogP contribution in [0, 0.1) is 0 Å². The molecule has 1 heterocycles. The van der Waals surface area contributed by atoms with E-state index in [2.05, 4.69) is 5.73 Å². The summed E-state index contributed by atoms with van der Waals surface area (Å²) in [4.78, 5) is 23.6. The fraction of sp³-hybridized carbons (Fsp3) is 0.391. The van der Waals surface area contributed by atoms with Crippen LogP contribution in [0.3, 0.4) is 0 Å². The maximum absolute atomic E-state index is 13.1. The maximum atomic E-state index is 13.1. The third-order valence-electron chi connectivity index (χ3n) is 5.11. The van der Waals surface area contributed by atoms with Gasteiger partial charge in [-0.05, 0) is 61.6 Å². The Kier molecular flexibility index (Phi) is 8.99. The van der Waals surface area contributed by atoms with E-state index < -0.39 is 35.0 Å². The highest BCUT2D eigenvalue weighted by Crippen LogP contribution is 2.37. The van der Waals surface area contributed by atoms with E-state index in [1.807, 2.05) is 0 Å². The van der Waals surface area contributed by atoms with E-state index in [-0.39, 0.29) is 24.6 Å². The predicted octanol–water partition coefficient (Wildman–Crippen LogP) is 6.11. The summed E-state index contributed by atoms with van der Waals surface area (Å²) in [5, 5.41) is 0.541. The summed E-state index contributed by atoms with van der Waals surface area (Å²) in [5.41, 5.74) is 1.75. The number of amides is 2. The number of carbonyl (C=O) groups excluding carboxylic acids is 2. The lowest BCUT2D eigenvalue weighted by molar-refractivity contribution is -0.143. The van der Waals surface area contributed by atoms with E-state index >= 15 is 0 Å². The van der Waals surface area contributed by atoms with Crippen molar-refractivity contribution in [3.05, 3.63) is 69.7 Å². The van der Waals surface area contributed by atoms with Crippen molar-refractivity contribution < 1.29 is 35.9 Å². The van der Waals surface area contributed by atoms with Gasteiger partial charge in [-0.2, -0.15) is 26.3 Å². The zero-order chi connectivity index (χ0) is 25.7. The molecule has 1 atom stereocenters. The minimum Gasteiger partial charge on any atom is -0.370 e. The molecule has 1 aliphatic heterocycles. The quantitative estimate of drug-likeness (QED) is 0.509. The zero-order valence-corrected chi connectivity index (χ0v) is 18.9. The molecule has 34 heavy (non-hydrogen) atoms. The molecular formula is C23H23ClF6N2O2. The van der Waals surface area contributed by atoms with Gasteiger partial charge in [0.15, 0.2) is 0 Å². The molecule has 186 valence electrons. The number of hydrogen-bond donors (Lipinski definition) is 1. The van der Waals surface area contributed by atoms with Crippen molar-refractivity contribution in [3.63, 3.8) is 0 Å². The number of nitrogens with zero attached hydrogens (tertiary/aromatic N) is 1. The third-order valence-corrected chi connectivity index (χ3v) is 5.36. The van der Waals surface area contributed by atoms with Crippen LogP contribution < -0.4 is 5.73 Å². The minimum absolute atomic E-state index is 0.0260. The Morgan fingerprint density at radius 2 is 1.47 bits per heavy atom. The Morgan fingerprint density at radius 3 is 1.94 bits per heavy atom. The van der Waals surface area contributed by atoms with Gasteiger partial charge < -0.3 is 10.6 Å². The van der Waals surface area contributed by atoms with Gasteiger partial charge in [0.2, 0.25) is 5.91 Å². The molecule has 0 radical (unpaired) electrons. The van der Waals surface area contributed by atoms with Crippen molar-refractivity contribution in [3.8, 4) is 0 Å². The Balaban J connectivity index is 0.000000945. The summed E-state index contributed by atoms with van der Waals surface area (Å²) in [5.74, 6) is -1.16. The molecule has 0 aliphatic carbocycles. The van der Waals surface area contributed by atoms with Gasteiger partial charge in [-0.3, -0.25) is 9.59 Å². The van der Waals surface area contributed by atoms with Crippen molar-refractivity contribution in [2.75, 3.05) is 6.54 Å². The smallest absolute Gasteiger partial charge is 0.370 e. The number of piperidine rings is 1. The first-order chi connectivity index (χ1) is 15.7. The number of alkyl halides is 6. The molecule has 2 aromatic carbocycles. The van der Waals surface area contributed by atoms with Gasteiger partial charge in [0.05, 0.1) is 11.1 Å². The highest BCUT2D eigenvalue weighted by atomic mass is 35.5. The first kappa shape index (κ1) is 27.5. The average molecular weight is 509 g/mol. The average Bonchev–Trinajstić information content (AvgIpc) is 2.73. The summed E-state index contributed by atoms with van der Waals surface area (Å²) in [6.45, 7) is 1.58. The van der Waals surface area contributed by atoms with Crippen molar-refractivity contribution in [2.24, 2.45) is 5.73 Å². The van der Waals surface area contributed by atoms with Gasteiger partial charge in [-0.15, -0.1) is 0 Å². The number of primary amides is 1. The molecule has 3 rings (SSSR count). The number of halogens is 7. The van der Waals surface area contributed by atoms with Crippen LogP contribution in [0.25, 0.3) is 0 Å². The molecule has 0 saturated carbocycles. The fourth-order valence-electron chi connectivity index (χ4n) is 3.62. The zero-order valence-electron chi connectivity index (χ0n) is 18.1. The molecule has 4 nitrogen and oxygen atoms in total. The van der Waals surface area contributed by atoms with E-state index in [9.17, 15) is 35.9 Å². The van der Waals surface area contributed by atoms with Gasteiger partial charge in [-0.25, -0.2) is 0 Å². The van der Waals surface area contributed by atoms with Gasteiger partial charge >= 0.3 is 12.4 Å². The van der Waals surface area contributed by atoms with Crippen LogP contribution in [0.15, 0.2) is 42.5 Å². The lowest BCUT2D eigenvalue weighted by Crippen LogP contribution is -2.45. The van der Waals surface area contributed by atoms with E-state index in [1.165, 1.54) is 11.8 Å². The standard InChI is InChI=1S/C21H18ClF6NO.C2H5NO/c22-17-6-4-13(5-7-17)9-18-3-1-2-8-29(18)19(30)14-10-15(20(23,24)25)12-16(11-14)21(26,27)28;1-2(3)4/h4-7,10-12,18H,1-3,8-9H2;1H3,(H2,3,4). The summed E-state index contributed by atoms with van der Waals surface area (Å²) in [7, 11) is 0. The van der Waals surface area contributed by atoms with E-state index in [0.29, 0.717) is 36.4 Å². The van der Waals surface area contributed by atoms with Crippen molar-refractivity contribution in [2.45, 2.75) is 51.0 Å². The third kappa shape index (κ3) is 7.93. The molecule has 0 bridgehead atoms. The molecule has 2 aromatic rings. The number of nitrogens with two attached hydrogens (primary N) is 1. The first-order valence-electron chi connectivity index (χ1n) is 10.3. The Hall–Kier alpha value is -2.75. The monoisotopic (exact) mass is 508 g/mol. The van der Waals surface area contributed by atoms with E-state index in [0.717, 1.165) is 12.0 Å². The Labute approximate surface area is 197 Å². The predicted molar refractivity (Wildman–Crippen MR) is 115 cm³/mol. The van der Waals surface area contributed by atoms with Gasteiger partial charge in [0.1, 0.15) is 0 Å². The lowest BCUT2D eigenvalue weighted by atomic mass is 9.94. The topological polar surface area (TPSA) is 63.4 Å². The SMILES string of the molecule is CC(N)=O.O=C(c1cc(C(F)(F)F)cc(C(F)(F)F)c1)N1CCCCC1Cc1ccc(Cl)cc1. The largest absolute Gasteiger partial charge is 0.416 e. The second kappa shape index (κ2) is 11.1. The van der Waals surface area contributed by atoms with Crippen molar-refractivity contribution in [1.29, 1.82) is 0 Å². The normalized spacial score (nSPS) is 16.5. The molecule has 1 unspecified atom stereocenters. The number of hydrogen-bond acceptors (Lipinski definition) is 2. The number of benzene rings is 2. The first-order valence-corrected chi connectivity index (χ1v) is 10.7. The van der Waals surface area contributed by atoms with Crippen LogP contribution in [0.2, 0.25) is 5.02 Å². The molecule has 0 spiro atoms. The Bertz CT molecular complexity index is 970. The van der Waals surface area contributed by atoms with Gasteiger partial charge in [0, 0.05) is 30.1 Å². The molecular weight excluding hydrogens is 486 g/mol. The summed E-state index contributed by atoms with van der Waals surface area (Å²) < 4.78 is 78.8. The highest BCUT2D eigenvalue weighted by Gasteiger charge is 2.38. The van der Waals surface area contributed by atoms with Crippen LogP contribution in [0.1, 0.15) is 53.2 Å². The van der Waals surface area contributed by atoms with Crippen LogP contribution >= 0.6 is 11.6 Å². The molecule has 1 fully saturated rings. The summed E-state index contributed by atoms with van der Waals surface area (Å²) in [6.07, 6.45) is -7.50. The Morgan fingerprint density at radius 1 is 0.971 bits per heavy atom. The van der Waals surface area contributed by atoms with E-state index in [1.54, 1.807) is 24.3 Å². The summed E-state index contributed by atoms with van der Waals surface area (Å²) >= 11 is 5.87. The minimum atomic E-state index is -5.00. The van der Waals surface area contributed by atoms with Crippen LogP contribution in [0.4, 0.5) is 26.3 Å². The lowest BCUT2D eigenvalue weighted by Gasteiger charge is -2.36.